The van der Waals surface area contributed by atoms with Crippen LogP contribution < -0.4 is 0 Å². The second-order valence-electron chi connectivity index (χ2n) is 3.40. The summed E-state index contributed by atoms with van der Waals surface area (Å²) in [6.45, 7) is 0.734. The van der Waals surface area contributed by atoms with E-state index in [1.807, 2.05) is 25.4 Å². The zero-order chi connectivity index (χ0) is 11.1. The van der Waals surface area contributed by atoms with Crippen molar-refractivity contribution in [3.05, 3.63) is 30.1 Å². The molecule has 1 amide bonds. The van der Waals surface area contributed by atoms with Crippen LogP contribution in [0.25, 0.3) is 0 Å². The molecule has 0 aliphatic heterocycles. The molecule has 0 fully saturated rings. The molecule has 0 atom stereocenters. The average molecular weight is 224 g/mol. The third-order valence-corrected chi connectivity index (χ3v) is 2.43. The number of thiol groups is 1. The van der Waals surface area contributed by atoms with Crippen LogP contribution in [0, 0.1) is 0 Å². The Balaban J connectivity index is 2.34. The summed E-state index contributed by atoms with van der Waals surface area (Å²) >= 11 is 4.04. The van der Waals surface area contributed by atoms with Gasteiger partial charge in [-0.25, -0.2) is 0 Å². The molecule has 0 unspecified atom stereocenters. The molecule has 0 saturated carbocycles. The van der Waals surface area contributed by atoms with Gasteiger partial charge in [0.1, 0.15) is 0 Å². The molecule has 0 N–H and O–H groups in total. The van der Waals surface area contributed by atoms with E-state index >= 15 is 0 Å². The lowest BCUT2D eigenvalue weighted by atomic mass is 10.2. The topological polar surface area (TPSA) is 33.2 Å². The van der Waals surface area contributed by atoms with Crippen LogP contribution in [0.3, 0.4) is 0 Å². The number of carbonyl (C=O) groups excluding carboxylic acids is 1. The van der Waals surface area contributed by atoms with Gasteiger partial charge in [0.25, 0.3) is 0 Å². The number of nitrogens with zero attached hydrogens (tertiary/aromatic N) is 2. The van der Waals surface area contributed by atoms with E-state index in [0.717, 1.165) is 18.5 Å². The fraction of sp³-hybridized carbons (Fsp3) is 0.455. The number of pyridine rings is 1. The summed E-state index contributed by atoms with van der Waals surface area (Å²) in [5, 5.41) is 0. The van der Waals surface area contributed by atoms with Gasteiger partial charge in [-0.2, -0.15) is 12.6 Å². The first kappa shape index (κ1) is 12.0. The summed E-state index contributed by atoms with van der Waals surface area (Å²) in [6.07, 6.45) is 4.94. The minimum Gasteiger partial charge on any atom is -0.345 e. The van der Waals surface area contributed by atoms with Crippen LogP contribution in [-0.4, -0.2) is 35.1 Å². The van der Waals surface area contributed by atoms with Crippen molar-refractivity contribution in [2.45, 2.75) is 12.8 Å². The Morgan fingerprint density at radius 1 is 1.60 bits per heavy atom. The van der Waals surface area contributed by atoms with Crippen molar-refractivity contribution in [3.63, 3.8) is 0 Å². The molecule has 3 nitrogen and oxygen atoms in total. The normalized spacial score (nSPS) is 10.0. The third-order valence-electron chi connectivity index (χ3n) is 2.21. The Morgan fingerprint density at radius 2 is 2.40 bits per heavy atom. The molecule has 1 heterocycles. The van der Waals surface area contributed by atoms with Crippen molar-refractivity contribution in [2.75, 3.05) is 19.3 Å². The Kier molecular flexibility index (Phi) is 5.18. The Hall–Kier alpha value is -1.03. The van der Waals surface area contributed by atoms with Gasteiger partial charge in [-0.15, -0.1) is 0 Å². The van der Waals surface area contributed by atoms with Crippen LogP contribution >= 0.6 is 12.6 Å². The van der Waals surface area contributed by atoms with Gasteiger partial charge in [-0.05, 0) is 23.8 Å². The van der Waals surface area contributed by atoms with Crippen molar-refractivity contribution >= 4 is 18.5 Å². The Morgan fingerprint density at radius 3 is 3.00 bits per heavy atom. The smallest absolute Gasteiger partial charge is 0.223 e. The summed E-state index contributed by atoms with van der Waals surface area (Å²) in [5.74, 6) is 0.754. The van der Waals surface area contributed by atoms with Gasteiger partial charge in [0.2, 0.25) is 5.91 Å². The standard InChI is InChI=1S/C11H16N2OS/c1-13(11(14)5-8-15)7-4-10-3-2-6-12-9-10/h2-3,6,9,15H,4-5,7-8H2,1H3. The Labute approximate surface area is 95.9 Å². The van der Waals surface area contributed by atoms with E-state index in [1.165, 1.54) is 0 Å². The maximum Gasteiger partial charge on any atom is 0.223 e. The Bertz CT molecular complexity index is 303. The largest absolute Gasteiger partial charge is 0.345 e. The van der Waals surface area contributed by atoms with Crippen LogP contribution in [0.15, 0.2) is 24.5 Å². The first-order valence-electron chi connectivity index (χ1n) is 4.97. The number of rotatable bonds is 5. The van der Waals surface area contributed by atoms with Gasteiger partial charge in [0, 0.05) is 32.4 Å². The van der Waals surface area contributed by atoms with E-state index in [1.54, 1.807) is 11.1 Å². The molecule has 0 bridgehead atoms. The SMILES string of the molecule is CN(CCc1cccnc1)C(=O)CCS. The summed E-state index contributed by atoms with van der Waals surface area (Å²) in [6, 6.07) is 3.93. The van der Waals surface area contributed by atoms with Gasteiger partial charge >= 0.3 is 0 Å². The van der Waals surface area contributed by atoms with E-state index < -0.39 is 0 Å². The number of amides is 1. The fourth-order valence-electron chi connectivity index (χ4n) is 1.25. The van der Waals surface area contributed by atoms with E-state index in [2.05, 4.69) is 17.6 Å². The second kappa shape index (κ2) is 6.45. The van der Waals surface area contributed by atoms with Crippen molar-refractivity contribution in [3.8, 4) is 0 Å². The average Bonchev–Trinajstić information content (AvgIpc) is 2.27. The highest BCUT2D eigenvalue weighted by molar-refractivity contribution is 7.80. The lowest BCUT2D eigenvalue weighted by molar-refractivity contribution is -0.129. The second-order valence-corrected chi connectivity index (χ2v) is 3.85. The predicted octanol–water partition coefficient (Wildman–Crippen LogP) is 1.40. The number of hydrogen-bond acceptors (Lipinski definition) is 3. The summed E-state index contributed by atoms with van der Waals surface area (Å²) < 4.78 is 0. The lowest BCUT2D eigenvalue weighted by Crippen LogP contribution is -2.28. The molecule has 0 aliphatic carbocycles. The summed E-state index contributed by atoms with van der Waals surface area (Å²) in [7, 11) is 1.82. The van der Waals surface area contributed by atoms with Gasteiger partial charge in [0.05, 0.1) is 0 Å². The highest BCUT2D eigenvalue weighted by Gasteiger charge is 2.06. The maximum absolute atomic E-state index is 11.4. The molecule has 82 valence electrons. The molecule has 15 heavy (non-hydrogen) atoms. The van der Waals surface area contributed by atoms with Crippen LogP contribution in [0.4, 0.5) is 0 Å². The molecule has 1 rings (SSSR count). The highest BCUT2D eigenvalue weighted by Crippen LogP contribution is 2.00. The molecule has 0 spiro atoms. The van der Waals surface area contributed by atoms with E-state index in [9.17, 15) is 4.79 Å². The van der Waals surface area contributed by atoms with E-state index in [4.69, 9.17) is 0 Å². The number of likely N-dealkylation sites (N-methyl/N-ethyl adjacent to an activating group) is 1. The molecule has 0 aliphatic rings. The van der Waals surface area contributed by atoms with Crippen LogP contribution in [0.1, 0.15) is 12.0 Å². The monoisotopic (exact) mass is 224 g/mol. The van der Waals surface area contributed by atoms with Crippen molar-refractivity contribution < 1.29 is 4.79 Å². The molecule has 1 aromatic heterocycles. The number of aromatic nitrogens is 1. The fourth-order valence-corrected chi connectivity index (χ4v) is 1.45. The first-order valence-corrected chi connectivity index (χ1v) is 5.61. The first-order chi connectivity index (χ1) is 7.24. The van der Waals surface area contributed by atoms with Crippen LogP contribution in [0.2, 0.25) is 0 Å². The minimum atomic E-state index is 0.147. The summed E-state index contributed by atoms with van der Waals surface area (Å²) in [4.78, 5) is 17.2. The van der Waals surface area contributed by atoms with Crippen LogP contribution in [0.5, 0.6) is 0 Å². The molecular weight excluding hydrogens is 208 g/mol. The third kappa shape index (κ3) is 4.34. The summed E-state index contributed by atoms with van der Waals surface area (Å²) in [5.41, 5.74) is 1.16. The number of hydrogen-bond donors (Lipinski definition) is 1. The van der Waals surface area contributed by atoms with Gasteiger partial charge in [0.15, 0.2) is 0 Å². The van der Waals surface area contributed by atoms with Gasteiger partial charge < -0.3 is 4.90 Å². The van der Waals surface area contributed by atoms with Crippen molar-refractivity contribution in [1.82, 2.24) is 9.88 Å². The van der Waals surface area contributed by atoms with E-state index in [0.29, 0.717) is 12.2 Å². The maximum atomic E-state index is 11.4. The molecule has 1 aromatic rings. The van der Waals surface area contributed by atoms with E-state index in [-0.39, 0.29) is 5.91 Å². The molecule has 0 aromatic carbocycles. The quantitative estimate of drug-likeness (QED) is 0.767. The highest BCUT2D eigenvalue weighted by atomic mass is 32.1. The van der Waals surface area contributed by atoms with Crippen LogP contribution in [-0.2, 0) is 11.2 Å². The molecule has 0 saturated heterocycles. The van der Waals surface area contributed by atoms with Gasteiger partial charge in [-0.3, -0.25) is 9.78 Å². The van der Waals surface area contributed by atoms with Gasteiger partial charge in [-0.1, -0.05) is 6.07 Å². The zero-order valence-electron chi connectivity index (χ0n) is 8.89. The van der Waals surface area contributed by atoms with Crippen molar-refractivity contribution in [2.24, 2.45) is 0 Å². The lowest BCUT2D eigenvalue weighted by Gasteiger charge is -2.16. The molecular formula is C11H16N2OS. The molecule has 4 heteroatoms. The number of carbonyl (C=O) groups is 1. The zero-order valence-corrected chi connectivity index (χ0v) is 9.78. The minimum absolute atomic E-state index is 0.147. The predicted molar refractivity (Wildman–Crippen MR) is 64.0 cm³/mol. The van der Waals surface area contributed by atoms with Crippen molar-refractivity contribution in [1.29, 1.82) is 0 Å². The molecule has 0 radical (unpaired) electrons.